The monoisotopic (exact) mass is 632 g/mol. The van der Waals surface area contributed by atoms with Crippen molar-refractivity contribution >= 4 is 49.3 Å². The molecule has 0 spiro atoms. The number of allylic oxidation sites excluding steroid dienone is 1. The zero-order valence-corrected chi connectivity index (χ0v) is 27.7. The Morgan fingerprint density at radius 1 is 0.583 bits per heavy atom. The molecule has 228 valence electrons. The number of benzene rings is 5. The fraction of sp³-hybridized carbons (Fsp3) is 0.111. The first kappa shape index (κ1) is 27.7. The summed E-state index contributed by atoms with van der Waals surface area (Å²) in [4.78, 5) is 12.1. The molecule has 0 saturated carbocycles. The summed E-state index contributed by atoms with van der Waals surface area (Å²) in [5, 5.41) is 3.56. The van der Waals surface area contributed by atoms with Gasteiger partial charge >= 0.3 is 0 Å². The molecule has 0 atom stereocenters. The molecule has 0 amide bonds. The second kappa shape index (κ2) is 10.3. The van der Waals surface area contributed by atoms with Crippen molar-refractivity contribution in [2.75, 3.05) is 0 Å². The molecule has 0 aliphatic heterocycles. The number of aryl methyl sites for hydroxylation is 1. The van der Waals surface area contributed by atoms with Gasteiger partial charge < -0.3 is 0 Å². The normalized spacial score (nSPS) is 14.4. The standard InChI is InChI=1S/C45H32N2S/c1-45(2)37-15-5-3-11-33(37)34-22-19-31(26-38(34)45)40-24-21-28-18-17-27-20-23-39(46-42(27)43(28)47-40)30-10-7-9-29(25-30)32-13-8-14-36-35-12-4-6-16-41(35)48-44(32)36/h3-5,7-15,17-26H,6,16H2,1-2H3. The molecular weight excluding hydrogens is 601 g/mol. The van der Waals surface area contributed by atoms with Crippen molar-refractivity contribution in [3.05, 3.63) is 149 Å². The molecule has 2 aliphatic rings. The Morgan fingerprint density at radius 3 is 2.06 bits per heavy atom. The zero-order chi connectivity index (χ0) is 32.0. The van der Waals surface area contributed by atoms with Gasteiger partial charge in [-0.05, 0) is 76.1 Å². The number of pyridine rings is 2. The van der Waals surface area contributed by atoms with E-state index >= 15 is 0 Å². The van der Waals surface area contributed by atoms with Gasteiger partial charge in [0.25, 0.3) is 0 Å². The molecule has 0 saturated heterocycles. The smallest absolute Gasteiger partial charge is 0.0972 e. The van der Waals surface area contributed by atoms with Crippen LogP contribution in [0.3, 0.4) is 0 Å². The third kappa shape index (κ3) is 4.11. The average molecular weight is 633 g/mol. The van der Waals surface area contributed by atoms with Crippen LogP contribution in [0.1, 0.15) is 41.8 Å². The molecule has 8 aromatic rings. The summed E-state index contributed by atoms with van der Waals surface area (Å²) in [5.74, 6) is 0. The first-order valence-electron chi connectivity index (χ1n) is 16.8. The van der Waals surface area contributed by atoms with Crippen LogP contribution in [0.25, 0.3) is 82.7 Å². The van der Waals surface area contributed by atoms with E-state index in [1.54, 1.807) is 0 Å². The van der Waals surface area contributed by atoms with Crippen LogP contribution >= 0.6 is 11.3 Å². The second-order valence-electron chi connectivity index (χ2n) is 13.7. The molecule has 3 aromatic heterocycles. The first-order chi connectivity index (χ1) is 23.5. The number of hydrogen-bond donors (Lipinski definition) is 0. The van der Waals surface area contributed by atoms with Gasteiger partial charge in [0.15, 0.2) is 0 Å². The summed E-state index contributed by atoms with van der Waals surface area (Å²) in [6.07, 6.45) is 6.88. The van der Waals surface area contributed by atoms with Gasteiger partial charge in [-0.3, -0.25) is 0 Å². The number of nitrogens with zero attached hydrogens (tertiary/aromatic N) is 2. The van der Waals surface area contributed by atoms with Gasteiger partial charge in [-0.1, -0.05) is 123 Å². The average Bonchev–Trinajstić information content (AvgIpc) is 3.63. The van der Waals surface area contributed by atoms with Crippen molar-refractivity contribution in [1.29, 1.82) is 0 Å². The fourth-order valence-electron chi connectivity index (χ4n) is 8.00. The van der Waals surface area contributed by atoms with Crippen molar-refractivity contribution in [1.82, 2.24) is 9.97 Å². The van der Waals surface area contributed by atoms with Crippen molar-refractivity contribution in [3.63, 3.8) is 0 Å². The fourth-order valence-corrected chi connectivity index (χ4v) is 9.34. The molecule has 0 fully saturated rings. The molecule has 2 nitrogen and oxygen atoms in total. The van der Waals surface area contributed by atoms with E-state index in [1.165, 1.54) is 53.9 Å². The van der Waals surface area contributed by atoms with Crippen LogP contribution in [-0.4, -0.2) is 9.97 Å². The Kier molecular flexibility index (Phi) is 5.95. The van der Waals surface area contributed by atoms with Gasteiger partial charge in [-0.2, -0.15) is 0 Å². The molecule has 0 radical (unpaired) electrons. The molecule has 10 rings (SSSR count). The Hall–Kier alpha value is -5.38. The first-order valence-corrected chi connectivity index (χ1v) is 17.6. The maximum atomic E-state index is 5.30. The SMILES string of the molecule is CC1(C)c2ccccc2-c2ccc(-c3ccc4ccc5ccc(-c6cccc(-c7cccc8c9c(sc78)CCC=C9)c6)nc5c4n3)cc21. The third-order valence-corrected chi connectivity index (χ3v) is 11.8. The predicted octanol–water partition coefficient (Wildman–Crippen LogP) is 12.3. The van der Waals surface area contributed by atoms with E-state index < -0.39 is 0 Å². The van der Waals surface area contributed by atoms with Crippen LogP contribution in [-0.2, 0) is 11.8 Å². The Morgan fingerprint density at radius 2 is 1.25 bits per heavy atom. The van der Waals surface area contributed by atoms with Crippen molar-refractivity contribution < 1.29 is 0 Å². The highest BCUT2D eigenvalue weighted by Gasteiger charge is 2.35. The van der Waals surface area contributed by atoms with Gasteiger partial charge in [-0.15, -0.1) is 11.3 Å². The summed E-state index contributed by atoms with van der Waals surface area (Å²) >= 11 is 1.95. The van der Waals surface area contributed by atoms with E-state index in [0.717, 1.165) is 57.2 Å². The Bertz CT molecular complexity index is 2660. The van der Waals surface area contributed by atoms with E-state index in [-0.39, 0.29) is 5.41 Å². The number of thiophene rings is 1. The molecule has 3 heterocycles. The molecular formula is C45H32N2S. The highest BCUT2D eigenvalue weighted by atomic mass is 32.1. The van der Waals surface area contributed by atoms with Crippen LogP contribution in [0.5, 0.6) is 0 Å². The van der Waals surface area contributed by atoms with Crippen LogP contribution in [0.4, 0.5) is 0 Å². The van der Waals surface area contributed by atoms with E-state index in [4.69, 9.17) is 9.97 Å². The van der Waals surface area contributed by atoms with E-state index in [1.807, 2.05) is 11.3 Å². The number of fused-ring (bicyclic) bond motifs is 9. The molecule has 0 unspecified atom stereocenters. The summed E-state index contributed by atoms with van der Waals surface area (Å²) in [7, 11) is 0. The largest absolute Gasteiger partial charge is 0.245 e. The molecule has 2 aliphatic carbocycles. The van der Waals surface area contributed by atoms with Gasteiger partial charge in [0, 0.05) is 42.3 Å². The van der Waals surface area contributed by atoms with E-state index in [0.29, 0.717) is 0 Å². The van der Waals surface area contributed by atoms with Gasteiger partial charge in [0.2, 0.25) is 0 Å². The number of rotatable bonds is 3. The molecule has 0 bridgehead atoms. The lowest BCUT2D eigenvalue weighted by Gasteiger charge is -2.21. The topological polar surface area (TPSA) is 25.8 Å². The van der Waals surface area contributed by atoms with Crippen LogP contribution in [0.15, 0.2) is 127 Å². The minimum atomic E-state index is -0.0536. The van der Waals surface area contributed by atoms with Crippen LogP contribution < -0.4 is 0 Å². The lowest BCUT2D eigenvalue weighted by molar-refractivity contribution is 0.660. The maximum Gasteiger partial charge on any atom is 0.0972 e. The highest BCUT2D eigenvalue weighted by Crippen LogP contribution is 2.49. The second-order valence-corrected chi connectivity index (χ2v) is 14.8. The minimum Gasteiger partial charge on any atom is -0.245 e. The van der Waals surface area contributed by atoms with Gasteiger partial charge in [0.1, 0.15) is 0 Å². The minimum absolute atomic E-state index is 0.0536. The lowest BCUT2D eigenvalue weighted by Crippen LogP contribution is -2.14. The Balaban J connectivity index is 1.07. The summed E-state index contributed by atoms with van der Waals surface area (Å²) in [6, 6.07) is 44.2. The van der Waals surface area contributed by atoms with Gasteiger partial charge in [0.05, 0.1) is 22.4 Å². The van der Waals surface area contributed by atoms with Crippen molar-refractivity contribution in [2.24, 2.45) is 0 Å². The summed E-state index contributed by atoms with van der Waals surface area (Å²) in [6.45, 7) is 4.66. The molecule has 0 N–H and O–H groups in total. The molecule has 5 aromatic carbocycles. The third-order valence-electron chi connectivity index (χ3n) is 10.5. The van der Waals surface area contributed by atoms with Crippen molar-refractivity contribution in [3.8, 4) is 44.8 Å². The molecule has 48 heavy (non-hydrogen) atoms. The van der Waals surface area contributed by atoms with E-state index in [2.05, 4.69) is 147 Å². The van der Waals surface area contributed by atoms with E-state index in [9.17, 15) is 0 Å². The summed E-state index contributed by atoms with van der Waals surface area (Å²) in [5.41, 5.74) is 15.3. The Labute approximate surface area is 284 Å². The lowest BCUT2D eigenvalue weighted by atomic mass is 9.82. The van der Waals surface area contributed by atoms with Crippen LogP contribution in [0, 0.1) is 0 Å². The maximum absolute atomic E-state index is 5.30. The number of aromatic nitrogens is 2. The summed E-state index contributed by atoms with van der Waals surface area (Å²) < 4.78 is 1.37. The van der Waals surface area contributed by atoms with Crippen LogP contribution in [0.2, 0.25) is 0 Å². The van der Waals surface area contributed by atoms with Crippen molar-refractivity contribution in [2.45, 2.75) is 32.1 Å². The zero-order valence-electron chi connectivity index (χ0n) is 26.9. The molecule has 3 heteroatoms. The quantitative estimate of drug-likeness (QED) is 0.181. The van der Waals surface area contributed by atoms with Gasteiger partial charge in [-0.25, -0.2) is 9.97 Å². The highest BCUT2D eigenvalue weighted by molar-refractivity contribution is 7.20. The predicted molar refractivity (Wildman–Crippen MR) is 204 cm³/mol. The number of hydrogen-bond acceptors (Lipinski definition) is 3.